The largest absolute Gasteiger partial charge is 0.377 e. The molecule has 6 amide bonds. The average molecular weight is 1020 g/mol. The van der Waals surface area contributed by atoms with Crippen LogP contribution in [0.1, 0.15) is 101 Å². The van der Waals surface area contributed by atoms with Crippen molar-refractivity contribution in [1.82, 2.24) is 31.1 Å². The smallest absolute Gasteiger partial charge is 0.246 e. The minimum atomic E-state index is -0.864. The van der Waals surface area contributed by atoms with Crippen LogP contribution in [0.5, 0.6) is 0 Å². The zero-order valence-electron chi connectivity index (χ0n) is 42.3. The molecule has 2 aromatic rings. The van der Waals surface area contributed by atoms with Crippen molar-refractivity contribution in [3.63, 3.8) is 0 Å². The number of benzene rings is 2. The standard InChI is InChI=1S/C52H74N8O9S2/c1-27(55-7)47(63)57-33-23-37(70-39-25-51(3,4)43(45(53)61)59(39)49(33)65)41-31-15-11-9-13-29(31)21-35(41)68-19-17-67-18-20-69-36-22-30-14-10-12-16-32(30)42(36)38-24-34(58-48(64)28(2)56-8)50(66)60-40(71-38)26-52(5,6)44(60)46(54)62/h9-16,27-28,33-44,55-56H,17-26H2,1-8H3,(H2,53,61)(H2,54,62)(H,57,63)(H,58,64)/t27-,28-,33?,34?,35+,36+,37?,38?,39?,40?,41-,42-,43?,44?/m0/s1. The molecule has 4 saturated heterocycles. The molecule has 6 aliphatic rings. The number of primary amides is 2. The number of carbonyl (C=O) groups is 6. The first-order valence-corrected chi connectivity index (χ1v) is 27.1. The molecule has 14 atom stereocenters. The van der Waals surface area contributed by atoms with E-state index in [-0.39, 0.29) is 68.9 Å². The summed E-state index contributed by atoms with van der Waals surface area (Å²) in [7, 11) is 3.39. The summed E-state index contributed by atoms with van der Waals surface area (Å²) >= 11 is 3.36. The lowest BCUT2D eigenvalue weighted by molar-refractivity contribution is -0.142. The zero-order chi connectivity index (χ0) is 51.1. The molecule has 4 heterocycles. The van der Waals surface area contributed by atoms with E-state index >= 15 is 0 Å². The summed E-state index contributed by atoms with van der Waals surface area (Å²) in [6.45, 7) is 12.7. The predicted octanol–water partition coefficient (Wildman–Crippen LogP) is 2.53. The van der Waals surface area contributed by atoms with Crippen molar-refractivity contribution in [3.05, 3.63) is 70.8 Å². The van der Waals surface area contributed by atoms with E-state index in [0.29, 0.717) is 65.0 Å². The molecule has 4 fully saturated rings. The molecule has 2 aromatic carbocycles. The number of thioether (sulfide) groups is 2. The third-order valence-electron chi connectivity index (χ3n) is 16.0. The minimum absolute atomic E-state index is 0.106. The van der Waals surface area contributed by atoms with E-state index in [1.54, 1.807) is 61.3 Å². The van der Waals surface area contributed by atoms with Crippen LogP contribution in [0.2, 0.25) is 0 Å². The monoisotopic (exact) mass is 1020 g/mol. The van der Waals surface area contributed by atoms with E-state index < -0.39 is 58.9 Å². The fraction of sp³-hybridized carbons (Fsp3) is 0.654. The number of likely N-dealkylation sites (N-methyl/N-ethyl adjacent to an activating group) is 2. The van der Waals surface area contributed by atoms with Gasteiger partial charge in [-0.25, -0.2) is 0 Å². The number of fused-ring (bicyclic) bond motifs is 4. The van der Waals surface area contributed by atoms with Gasteiger partial charge >= 0.3 is 0 Å². The fourth-order valence-corrected chi connectivity index (χ4v) is 16.5. The molecule has 8 unspecified atom stereocenters. The van der Waals surface area contributed by atoms with Crippen LogP contribution in [0.3, 0.4) is 0 Å². The quantitative estimate of drug-likeness (QED) is 0.118. The Kier molecular flexibility index (Phi) is 16.2. The lowest BCUT2D eigenvalue weighted by Gasteiger charge is -2.32. The Balaban J connectivity index is 0.934. The molecule has 2 aliphatic carbocycles. The molecular formula is C52H74N8O9S2. The Morgan fingerprint density at radius 1 is 0.648 bits per heavy atom. The van der Waals surface area contributed by atoms with Gasteiger partial charge in [0.1, 0.15) is 24.2 Å². The molecular weight excluding hydrogens is 945 g/mol. The first-order chi connectivity index (χ1) is 33.8. The number of carbonyl (C=O) groups excluding carboxylic acids is 6. The molecule has 0 aromatic heterocycles. The van der Waals surface area contributed by atoms with Crippen molar-refractivity contribution in [2.24, 2.45) is 22.3 Å². The van der Waals surface area contributed by atoms with Gasteiger partial charge in [-0.1, -0.05) is 76.2 Å². The van der Waals surface area contributed by atoms with E-state index in [4.69, 9.17) is 25.7 Å². The molecule has 71 heavy (non-hydrogen) atoms. The summed E-state index contributed by atoms with van der Waals surface area (Å²) in [5.74, 6) is -2.49. The Morgan fingerprint density at radius 2 is 1.03 bits per heavy atom. The van der Waals surface area contributed by atoms with Gasteiger partial charge < -0.3 is 56.7 Å². The molecule has 17 nitrogen and oxygen atoms in total. The summed E-state index contributed by atoms with van der Waals surface area (Å²) < 4.78 is 19.6. The van der Waals surface area contributed by atoms with Gasteiger partial charge in [-0.2, -0.15) is 0 Å². The number of nitrogens with zero attached hydrogens (tertiary/aromatic N) is 2. The van der Waals surface area contributed by atoms with Crippen molar-refractivity contribution in [2.75, 3.05) is 40.5 Å². The summed E-state index contributed by atoms with van der Waals surface area (Å²) in [5, 5.41) is 11.1. The second-order valence-electron chi connectivity index (χ2n) is 21.6. The highest BCUT2D eigenvalue weighted by molar-refractivity contribution is 8.00. The predicted molar refractivity (Wildman–Crippen MR) is 273 cm³/mol. The highest BCUT2D eigenvalue weighted by atomic mass is 32.2. The van der Waals surface area contributed by atoms with Gasteiger partial charge in [0.2, 0.25) is 35.4 Å². The van der Waals surface area contributed by atoms with Gasteiger partial charge in [0, 0.05) is 22.3 Å². The molecule has 0 bridgehead atoms. The van der Waals surface area contributed by atoms with Crippen molar-refractivity contribution >= 4 is 59.0 Å². The van der Waals surface area contributed by atoms with Gasteiger partial charge in [0.25, 0.3) is 0 Å². The van der Waals surface area contributed by atoms with E-state index in [1.165, 1.54) is 11.1 Å². The van der Waals surface area contributed by atoms with E-state index in [9.17, 15) is 28.8 Å². The Morgan fingerprint density at radius 3 is 1.39 bits per heavy atom. The van der Waals surface area contributed by atoms with Crippen LogP contribution in [0.4, 0.5) is 0 Å². The number of rotatable bonds is 18. The van der Waals surface area contributed by atoms with Crippen LogP contribution in [0.15, 0.2) is 48.5 Å². The van der Waals surface area contributed by atoms with Crippen molar-refractivity contribution in [1.29, 1.82) is 0 Å². The van der Waals surface area contributed by atoms with Crippen LogP contribution < -0.4 is 32.7 Å². The maximum atomic E-state index is 14.5. The van der Waals surface area contributed by atoms with Gasteiger partial charge in [-0.05, 0) is 99.6 Å². The van der Waals surface area contributed by atoms with Gasteiger partial charge in [-0.3, -0.25) is 28.8 Å². The molecule has 0 radical (unpaired) electrons. The molecule has 19 heteroatoms. The normalized spacial score (nSPS) is 32.5. The van der Waals surface area contributed by atoms with E-state index in [1.807, 2.05) is 52.0 Å². The maximum Gasteiger partial charge on any atom is 0.246 e. The summed E-state index contributed by atoms with van der Waals surface area (Å²) in [6.07, 6.45) is 2.77. The molecule has 8 N–H and O–H groups in total. The second-order valence-corrected chi connectivity index (χ2v) is 24.5. The van der Waals surface area contributed by atoms with Crippen molar-refractivity contribution < 1.29 is 43.0 Å². The number of hydrogen-bond acceptors (Lipinski definition) is 13. The molecule has 388 valence electrons. The second kappa shape index (κ2) is 21.7. The van der Waals surface area contributed by atoms with Gasteiger partial charge in [0.15, 0.2) is 0 Å². The average Bonchev–Trinajstić information content (AvgIpc) is 4.00. The zero-order valence-corrected chi connectivity index (χ0v) is 43.9. The molecule has 4 aliphatic heterocycles. The van der Waals surface area contributed by atoms with Gasteiger partial charge in [0.05, 0.1) is 61.5 Å². The minimum Gasteiger partial charge on any atom is -0.377 e. The van der Waals surface area contributed by atoms with Crippen LogP contribution >= 0.6 is 23.5 Å². The number of ether oxygens (including phenoxy) is 3. The van der Waals surface area contributed by atoms with Crippen molar-refractivity contribution in [2.45, 2.75) is 162 Å². The van der Waals surface area contributed by atoms with Crippen molar-refractivity contribution in [3.8, 4) is 0 Å². The summed E-state index contributed by atoms with van der Waals surface area (Å²) in [4.78, 5) is 84.8. The highest BCUT2D eigenvalue weighted by Gasteiger charge is 2.58. The fourth-order valence-electron chi connectivity index (χ4n) is 12.3. The van der Waals surface area contributed by atoms with E-state index in [2.05, 4.69) is 45.5 Å². The van der Waals surface area contributed by atoms with Crippen LogP contribution in [-0.2, 0) is 55.8 Å². The van der Waals surface area contributed by atoms with Crippen LogP contribution in [0.25, 0.3) is 0 Å². The maximum absolute atomic E-state index is 14.5. The molecule has 0 spiro atoms. The van der Waals surface area contributed by atoms with Crippen LogP contribution in [-0.4, -0.2) is 155 Å². The topological polar surface area (TPSA) is 237 Å². The number of nitrogens with two attached hydrogens (primary N) is 2. The lowest BCUT2D eigenvalue weighted by Crippen LogP contribution is -2.57. The van der Waals surface area contributed by atoms with E-state index in [0.717, 1.165) is 11.1 Å². The SMILES string of the molecule is CN[C@@H](C)C(=O)NC1CC([C@H]2c3ccccc3C[C@H]2OCCOCCO[C@@H]2Cc3ccccc3[C@@H]2C2CC(NC(=O)[C@H](C)NC)C(=O)N3C(CC(C)(C)C3C(N)=O)S2)SC2CC(C)(C)C(C(N)=O)N2C1=O. The Labute approximate surface area is 426 Å². The van der Waals surface area contributed by atoms with Gasteiger partial charge in [-0.15, -0.1) is 23.5 Å². The Bertz CT molecular complexity index is 2180. The number of nitrogens with one attached hydrogen (secondary N) is 4. The highest BCUT2D eigenvalue weighted by Crippen LogP contribution is 2.54. The third kappa shape index (κ3) is 10.7. The summed E-state index contributed by atoms with van der Waals surface area (Å²) in [5.41, 5.74) is 15.5. The molecule has 0 saturated carbocycles. The number of amides is 6. The molecule has 8 rings (SSSR count). The van der Waals surface area contributed by atoms with Crippen LogP contribution in [0, 0.1) is 10.8 Å². The first-order valence-electron chi connectivity index (χ1n) is 25.2. The number of hydrogen-bond donors (Lipinski definition) is 6. The Hall–Kier alpha value is -4.24. The lowest BCUT2D eigenvalue weighted by atomic mass is 9.84. The first kappa shape index (κ1) is 53.1. The third-order valence-corrected chi connectivity index (χ3v) is 19.1. The summed E-state index contributed by atoms with van der Waals surface area (Å²) in [6, 6.07) is 12.2.